The molecule has 0 heterocycles. The Morgan fingerprint density at radius 3 is 2.33 bits per heavy atom. The van der Waals surface area contributed by atoms with Crippen LogP contribution in [0.25, 0.3) is 0 Å². The fraction of sp³-hybridized carbons (Fsp3) is 0.200. The average Bonchev–Trinajstić information content (AvgIpc) is 2.75. The van der Waals surface area contributed by atoms with Crippen molar-refractivity contribution < 1.29 is 14.3 Å². The van der Waals surface area contributed by atoms with Crippen LogP contribution in [0.4, 0.5) is 5.69 Å². The monoisotopic (exact) mass is 402 g/mol. The van der Waals surface area contributed by atoms with Crippen molar-refractivity contribution >= 4 is 17.5 Å². The molecule has 0 fully saturated rings. The van der Waals surface area contributed by atoms with E-state index >= 15 is 0 Å². The second-order valence-electron chi connectivity index (χ2n) is 7.26. The predicted octanol–water partition coefficient (Wildman–Crippen LogP) is 4.64. The summed E-state index contributed by atoms with van der Waals surface area (Å²) in [5, 5.41) is 5.71. The lowest BCUT2D eigenvalue weighted by Crippen LogP contribution is -2.30. The molecule has 0 saturated carbocycles. The van der Waals surface area contributed by atoms with Crippen LogP contribution in [0.3, 0.4) is 0 Å². The first-order chi connectivity index (χ1) is 14.4. The van der Waals surface area contributed by atoms with Gasteiger partial charge >= 0.3 is 0 Å². The Morgan fingerprint density at radius 1 is 0.933 bits per heavy atom. The number of amides is 2. The number of benzene rings is 3. The van der Waals surface area contributed by atoms with Gasteiger partial charge in [-0.25, -0.2) is 0 Å². The van der Waals surface area contributed by atoms with Crippen LogP contribution in [-0.4, -0.2) is 17.9 Å². The van der Waals surface area contributed by atoms with E-state index in [1.165, 1.54) is 0 Å². The van der Waals surface area contributed by atoms with Crippen molar-refractivity contribution in [1.82, 2.24) is 5.32 Å². The minimum Gasteiger partial charge on any atom is -0.481 e. The van der Waals surface area contributed by atoms with E-state index in [2.05, 4.69) is 10.6 Å². The fourth-order valence-corrected chi connectivity index (χ4v) is 2.91. The summed E-state index contributed by atoms with van der Waals surface area (Å²) in [5.74, 6) is 0.281. The fourth-order valence-electron chi connectivity index (χ4n) is 2.91. The number of carbonyl (C=O) groups is 2. The lowest BCUT2D eigenvalue weighted by molar-refractivity contribution is -0.122. The smallest absolute Gasteiger partial charge is 0.265 e. The van der Waals surface area contributed by atoms with Gasteiger partial charge in [0.1, 0.15) is 5.75 Å². The molecule has 0 aliphatic heterocycles. The molecule has 1 atom stereocenters. The van der Waals surface area contributed by atoms with Gasteiger partial charge in [-0.15, -0.1) is 0 Å². The third kappa shape index (κ3) is 5.70. The van der Waals surface area contributed by atoms with Crippen molar-refractivity contribution in [3.63, 3.8) is 0 Å². The summed E-state index contributed by atoms with van der Waals surface area (Å²) >= 11 is 0. The molecule has 3 rings (SSSR count). The van der Waals surface area contributed by atoms with E-state index in [1.54, 1.807) is 31.2 Å². The highest BCUT2D eigenvalue weighted by Gasteiger charge is 2.16. The Bertz CT molecular complexity index is 1010. The van der Waals surface area contributed by atoms with Crippen LogP contribution in [-0.2, 0) is 11.3 Å². The first-order valence-electron chi connectivity index (χ1n) is 9.89. The van der Waals surface area contributed by atoms with Crippen LogP contribution in [0.5, 0.6) is 5.75 Å². The maximum Gasteiger partial charge on any atom is 0.265 e. The normalized spacial score (nSPS) is 11.4. The molecule has 0 bridgehead atoms. The van der Waals surface area contributed by atoms with Gasteiger partial charge in [0, 0.05) is 17.8 Å². The number of anilines is 1. The van der Waals surface area contributed by atoms with Gasteiger partial charge in [0.2, 0.25) is 0 Å². The molecule has 0 spiro atoms. The van der Waals surface area contributed by atoms with Crippen LogP contribution in [0, 0.1) is 13.8 Å². The molecule has 2 N–H and O–H groups in total. The van der Waals surface area contributed by atoms with E-state index < -0.39 is 6.10 Å². The van der Waals surface area contributed by atoms with Crippen molar-refractivity contribution in [3.05, 3.63) is 95.1 Å². The number of hydrogen-bond donors (Lipinski definition) is 2. The van der Waals surface area contributed by atoms with Gasteiger partial charge in [-0.05, 0) is 67.8 Å². The summed E-state index contributed by atoms with van der Waals surface area (Å²) in [4.78, 5) is 24.8. The average molecular weight is 402 g/mol. The molecular formula is C25H26N2O3. The summed E-state index contributed by atoms with van der Waals surface area (Å²) in [7, 11) is 0. The topological polar surface area (TPSA) is 67.4 Å². The van der Waals surface area contributed by atoms with E-state index in [9.17, 15) is 9.59 Å². The Kier molecular flexibility index (Phi) is 6.86. The maximum atomic E-state index is 12.5. The summed E-state index contributed by atoms with van der Waals surface area (Å²) in [6.07, 6.45) is -0.653. The number of ether oxygens (including phenoxy) is 1. The third-order valence-corrected chi connectivity index (χ3v) is 4.73. The van der Waals surface area contributed by atoms with Gasteiger partial charge in [-0.3, -0.25) is 9.59 Å². The number of aryl methyl sites for hydroxylation is 2. The zero-order valence-electron chi connectivity index (χ0n) is 17.4. The maximum absolute atomic E-state index is 12.5. The van der Waals surface area contributed by atoms with E-state index in [4.69, 9.17) is 4.74 Å². The molecule has 3 aromatic rings. The van der Waals surface area contributed by atoms with Crippen molar-refractivity contribution in [1.29, 1.82) is 0 Å². The summed E-state index contributed by atoms with van der Waals surface area (Å²) < 4.78 is 5.82. The Morgan fingerprint density at radius 2 is 1.63 bits per heavy atom. The molecule has 0 radical (unpaired) electrons. The second-order valence-corrected chi connectivity index (χ2v) is 7.26. The zero-order valence-corrected chi connectivity index (χ0v) is 17.4. The Hall–Kier alpha value is -3.60. The minimum absolute atomic E-state index is 0.164. The highest BCUT2D eigenvalue weighted by Crippen LogP contribution is 2.21. The van der Waals surface area contributed by atoms with E-state index in [0.29, 0.717) is 23.5 Å². The first kappa shape index (κ1) is 21.1. The van der Waals surface area contributed by atoms with Crippen LogP contribution in [0.15, 0.2) is 72.8 Å². The van der Waals surface area contributed by atoms with Gasteiger partial charge in [-0.2, -0.15) is 0 Å². The lowest BCUT2D eigenvalue weighted by atomic mass is 10.1. The summed E-state index contributed by atoms with van der Waals surface area (Å²) in [6, 6.07) is 22.4. The highest BCUT2D eigenvalue weighted by molar-refractivity contribution is 5.96. The van der Waals surface area contributed by atoms with Crippen LogP contribution >= 0.6 is 0 Å². The molecule has 5 heteroatoms. The van der Waals surface area contributed by atoms with Crippen LogP contribution in [0.2, 0.25) is 0 Å². The van der Waals surface area contributed by atoms with Gasteiger partial charge in [0.05, 0.1) is 0 Å². The second kappa shape index (κ2) is 9.74. The molecule has 0 aliphatic carbocycles. The lowest BCUT2D eigenvalue weighted by Gasteiger charge is -2.17. The van der Waals surface area contributed by atoms with Crippen molar-refractivity contribution in [2.45, 2.75) is 33.4 Å². The number of carbonyl (C=O) groups excluding carboxylic acids is 2. The standard InChI is InChI=1S/C25H26N2O3/c1-17-9-10-18(2)23(15-17)30-19(3)24(28)27-22-13-11-21(12-14-22)25(29)26-16-20-7-5-4-6-8-20/h4-15,19H,16H2,1-3H3,(H,26,29)(H,27,28). The van der Waals surface area contributed by atoms with Gasteiger partial charge in [0.25, 0.3) is 11.8 Å². The van der Waals surface area contributed by atoms with Gasteiger partial charge in [-0.1, -0.05) is 42.5 Å². The van der Waals surface area contributed by atoms with Crippen LogP contribution < -0.4 is 15.4 Å². The van der Waals surface area contributed by atoms with E-state index in [1.807, 2.05) is 62.4 Å². The molecule has 30 heavy (non-hydrogen) atoms. The number of nitrogens with one attached hydrogen (secondary N) is 2. The summed E-state index contributed by atoms with van der Waals surface area (Å²) in [5.41, 5.74) is 4.22. The number of hydrogen-bond acceptors (Lipinski definition) is 3. The van der Waals surface area contributed by atoms with E-state index in [-0.39, 0.29) is 11.8 Å². The first-order valence-corrected chi connectivity index (χ1v) is 9.89. The van der Waals surface area contributed by atoms with Crippen molar-refractivity contribution in [3.8, 4) is 5.75 Å². The molecule has 0 aromatic heterocycles. The number of rotatable bonds is 7. The van der Waals surface area contributed by atoms with Gasteiger partial charge in [0.15, 0.2) is 6.10 Å². The largest absolute Gasteiger partial charge is 0.481 e. The van der Waals surface area contributed by atoms with Gasteiger partial charge < -0.3 is 15.4 Å². The molecule has 3 aromatic carbocycles. The molecule has 5 nitrogen and oxygen atoms in total. The Labute approximate surface area is 177 Å². The SMILES string of the molecule is Cc1ccc(C)c(OC(C)C(=O)Nc2ccc(C(=O)NCc3ccccc3)cc2)c1. The molecule has 1 unspecified atom stereocenters. The molecule has 2 amide bonds. The van der Waals surface area contributed by atoms with Crippen molar-refractivity contribution in [2.24, 2.45) is 0 Å². The van der Waals surface area contributed by atoms with Crippen LogP contribution in [0.1, 0.15) is 34.0 Å². The zero-order chi connectivity index (χ0) is 21.5. The molecule has 154 valence electrons. The Balaban J connectivity index is 1.54. The third-order valence-electron chi connectivity index (χ3n) is 4.73. The predicted molar refractivity (Wildman–Crippen MR) is 119 cm³/mol. The quantitative estimate of drug-likeness (QED) is 0.605. The van der Waals surface area contributed by atoms with Crippen molar-refractivity contribution in [2.75, 3.05) is 5.32 Å². The summed E-state index contributed by atoms with van der Waals surface area (Å²) in [6.45, 7) is 6.10. The molecular weight excluding hydrogens is 376 g/mol. The molecule has 0 aliphatic rings. The van der Waals surface area contributed by atoms with E-state index in [0.717, 1.165) is 16.7 Å². The molecule has 0 saturated heterocycles. The highest BCUT2D eigenvalue weighted by atomic mass is 16.5. The minimum atomic E-state index is -0.653.